The number of nitrogens with zero attached hydrogens (tertiary/aromatic N) is 2. The average molecular weight is 603 g/mol. The van der Waals surface area contributed by atoms with Crippen molar-refractivity contribution in [3.63, 3.8) is 0 Å². The van der Waals surface area contributed by atoms with Crippen molar-refractivity contribution in [1.29, 1.82) is 0 Å². The standard InChI is InChI=1S/C44H30N2O/c1-2-10-32(11-3-1)46-41-17-9-6-14-35(41)36-27-30(19-21-42(36)46)31-20-23-44-38(28-31)37-26-29(18-22-43(37)47-44)24-25-45-39-15-7-4-12-33(39)34-13-5-8-16-40(34)45/h1-23,26-28H,24-25H2. The maximum atomic E-state index is 6.34. The fraction of sp³-hybridized carbons (Fsp3) is 0.0455. The van der Waals surface area contributed by atoms with E-state index in [4.69, 9.17) is 4.42 Å². The van der Waals surface area contributed by atoms with Crippen LogP contribution in [0.3, 0.4) is 0 Å². The predicted octanol–water partition coefficient (Wildman–Crippen LogP) is 11.7. The molecule has 222 valence electrons. The first-order chi connectivity index (χ1) is 23.3. The van der Waals surface area contributed by atoms with Crippen LogP contribution in [0.2, 0.25) is 0 Å². The normalized spacial score (nSPS) is 12.0. The van der Waals surface area contributed by atoms with Gasteiger partial charge < -0.3 is 13.6 Å². The summed E-state index contributed by atoms with van der Waals surface area (Å²) in [6.45, 7) is 0.914. The van der Waals surface area contributed by atoms with E-state index in [-0.39, 0.29) is 0 Å². The lowest BCUT2D eigenvalue weighted by Gasteiger charge is -2.08. The third kappa shape index (κ3) is 4.06. The molecule has 10 rings (SSSR count). The van der Waals surface area contributed by atoms with Crippen molar-refractivity contribution in [2.75, 3.05) is 0 Å². The molecule has 0 N–H and O–H groups in total. The van der Waals surface area contributed by atoms with E-state index in [1.807, 2.05) is 0 Å². The Kier molecular flexibility index (Phi) is 5.70. The zero-order chi connectivity index (χ0) is 30.9. The third-order valence-corrected chi connectivity index (χ3v) is 9.86. The van der Waals surface area contributed by atoms with E-state index in [1.54, 1.807) is 0 Å². The Morgan fingerprint density at radius 1 is 0.404 bits per heavy atom. The number of benzene rings is 7. The Bertz CT molecular complexity index is 2740. The van der Waals surface area contributed by atoms with Crippen molar-refractivity contribution in [1.82, 2.24) is 9.13 Å². The fourth-order valence-electron chi connectivity index (χ4n) is 7.65. The van der Waals surface area contributed by atoms with Crippen LogP contribution in [-0.4, -0.2) is 9.13 Å². The van der Waals surface area contributed by atoms with Gasteiger partial charge in [0, 0.05) is 55.6 Å². The van der Waals surface area contributed by atoms with E-state index in [1.165, 1.54) is 71.4 Å². The summed E-state index contributed by atoms with van der Waals surface area (Å²) in [6, 6.07) is 57.0. The zero-order valence-corrected chi connectivity index (χ0v) is 25.7. The molecule has 0 spiro atoms. The number of hydrogen-bond donors (Lipinski definition) is 0. The molecule has 0 aliphatic rings. The van der Waals surface area contributed by atoms with Gasteiger partial charge >= 0.3 is 0 Å². The van der Waals surface area contributed by atoms with Crippen molar-refractivity contribution in [3.8, 4) is 16.8 Å². The summed E-state index contributed by atoms with van der Waals surface area (Å²) in [5, 5.41) is 7.47. The molecule has 0 saturated carbocycles. The van der Waals surface area contributed by atoms with Crippen molar-refractivity contribution in [2.45, 2.75) is 13.0 Å². The van der Waals surface area contributed by atoms with E-state index < -0.39 is 0 Å². The van der Waals surface area contributed by atoms with Gasteiger partial charge in [-0.1, -0.05) is 91.0 Å². The Morgan fingerprint density at radius 2 is 0.936 bits per heavy atom. The number of aromatic nitrogens is 2. The largest absolute Gasteiger partial charge is 0.456 e. The molecule has 10 aromatic rings. The molecule has 3 nitrogen and oxygen atoms in total. The highest BCUT2D eigenvalue weighted by Gasteiger charge is 2.15. The number of rotatable bonds is 5. The molecule has 0 aliphatic heterocycles. The van der Waals surface area contributed by atoms with Gasteiger partial charge in [0.2, 0.25) is 0 Å². The third-order valence-electron chi connectivity index (χ3n) is 9.86. The fourth-order valence-corrected chi connectivity index (χ4v) is 7.65. The predicted molar refractivity (Wildman–Crippen MR) is 197 cm³/mol. The molecule has 3 heterocycles. The van der Waals surface area contributed by atoms with E-state index in [9.17, 15) is 0 Å². The van der Waals surface area contributed by atoms with Gasteiger partial charge in [0.25, 0.3) is 0 Å². The summed E-state index contributed by atoms with van der Waals surface area (Å²) in [5.41, 5.74) is 11.7. The SMILES string of the molecule is c1ccc(-n2c3ccccc3c3cc(-c4ccc5oc6ccc(CCn7c8ccccc8c8ccccc87)cc6c5c4)ccc32)cc1. The Balaban J connectivity index is 1.05. The van der Waals surface area contributed by atoms with E-state index in [0.717, 1.165) is 29.5 Å². The lowest BCUT2D eigenvalue weighted by molar-refractivity contribution is 0.668. The van der Waals surface area contributed by atoms with Crippen molar-refractivity contribution >= 4 is 65.6 Å². The number of fused-ring (bicyclic) bond motifs is 9. The van der Waals surface area contributed by atoms with Gasteiger partial charge in [-0.2, -0.15) is 0 Å². The highest BCUT2D eigenvalue weighted by atomic mass is 16.3. The van der Waals surface area contributed by atoms with E-state index in [0.29, 0.717) is 0 Å². The minimum Gasteiger partial charge on any atom is -0.456 e. The molecule has 3 aromatic heterocycles. The van der Waals surface area contributed by atoms with Crippen LogP contribution in [0, 0.1) is 0 Å². The van der Waals surface area contributed by atoms with Crippen LogP contribution < -0.4 is 0 Å². The topological polar surface area (TPSA) is 23.0 Å². The van der Waals surface area contributed by atoms with Crippen LogP contribution in [-0.2, 0) is 13.0 Å². The first-order valence-corrected chi connectivity index (χ1v) is 16.3. The lowest BCUT2D eigenvalue weighted by atomic mass is 10.00. The summed E-state index contributed by atoms with van der Waals surface area (Å²) in [7, 11) is 0. The zero-order valence-electron chi connectivity index (χ0n) is 25.7. The smallest absolute Gasteiger partial charge is 0.135 e. The van der Waals surface area contributed by atoms with Gasteiger partial charge in [-0.3, -0.25) is 0 Å². The number of para-hydroxylation sites is 4. The molecule has 0 unspecified atom stereocenters. The molecule has 0 saturated heterocycles. The Labute approximate surface area is 271 Å². The molecule has 0 amide bonds. The van der Waals surface area contributed by atoms with Crippen LogP contribution in [0.4, 0.5) is 0 Å². The minimum atomic E-state index is 0.914. The molecule has 7 aromatic carbocycles. The van der Waals surface area contributed by atoms with Crippen LogP contribution >= 0.6 is 0 Å². The quantitative estimate of drug-likeness (QED) is 0.192. The van der Waals surface area contributed by atoms with Gasteiger partial charge in [0.05, 0.1) is 11.0 Å². The second kappa shape index (κ2) is 10.2. The Morgan fingerprint density at radius 3 is 1.66 bits per heavy atom. The van der Waals surface area contributed by atoms with Crippen LogP contribution in [0.25, 0.3) is 82.4 Å². The summed E-state index contributed by atoms with van der Waals surface area (Å²) in [5.74, 6) is 0. The number of hydrogen-bond acceptors (Lipinski definition) is 1. The van der Waals surface area contributed by atoms with E-state index >= 15 is 0 Å². The van der Waals surface area contributed by atoms with Crippen LogP contribution in [0.15, 0.2) is 162 Å². The van der Waals surface area contributed by atoms with Gasteiger partial charge in [0.1, 0.15) is 11.2 Å². The first-order valence-electron chi connectivity index (χ1n) is 16.3. The van der Waals surface area contributed by atoms with Crippen molar-refractivity contribution in [3.05, 3.63) is 163 Å². The molecule has 0 fully saturated rings. The van der Waals surface area contributed by atoms with Gasteiger partial charge in [-0.05, 0) is 89.8 Å². The van der Waals surface area contributed by atoms with E-state index in [2.05, 4.69) is 167 Å². The highest BCUT2D eigenvalue weighted by molar-refractivity contribution is 6.11. The maximum absolute atomic E-state index is 6.34. The van der Waals surface area contributed by atoms with Crippen LogP contribution in [0.5, 0.6) is 0 Å². The van der Waals surface area contributed by atoms with Crippen molar-refractivity contribution in [2.24, 2.45) is 0 Å². The molecule has 47 heavy (non-hydrogen) atoms. The Hall–Kier alpha value is -6.06. The number of furan rings is 1. The molecular formula is C44H30N2O. The molecule has 3 heteroatoms. The summed E-state index contributed by atoms with van der Waals surface area (Å²) in [4.78, 5) is 0. The van der Waals surface area contributed by atoms with Crippen molar-refractivity contribution < 1.29 is 4.42 Å². The van der Waals surface area contributed by atoms with Crippen LogP contribution in [0.1, 0.15) is 5.56 Å². The molecule has 0 aliphatic carbocycles. The summed E-state index contributed by atoms with van der Waals surface area (Å²) < 4.78 is 11.2. The highest BCUT2D eigenvalue weighted by Crippen LogP contribution is 2.37. The van der Waals surface area contributed by atoms with Gasteiger partial charge in [0.15, 0.2) is 0 Å². The average Bonchev–Trinajstić information content (AvgIpc) is 3.78. The molecule has 0 atom stereocenters. The summed E-state index contributed by atoms with van der Waals surface area (Å²) >= 11 is 0. The minimum absolute atomic E-state index is 0.914. The molecule has 0 radical (unpaired) electrons. The second-order valence-corrected chi connectivity index (χ2v) is 12.5. The van der Waals surface area contributed by atoms with Gasteiger partial charge in [-0.25, -0.2) is 0 Å². The lowest BCUT2D eigenvalue weighted by Crippen LogP contribution is -2.01. The second-order valence-electron chi connectivity index (χ2n) is 12.5. The first kappa shape index (κ1) is 26.2. The molecular weight excluding hydrogens is 572 g/mol. The van der Waals surface area contributed by atoms with Gasteiger partial charge in [-0.15, -0.1) is 0 Å². The monoisotopic (exact) mass is 602 g/mol. The molecule has 0 bridgehead atoms. The summed E-state index contributed by atoms with van der Waals surface area (Å²) in [6.07, 6.45) is 0.938. The number of aryl methyl sites for hydroxylation is 2. The maximum Gasteiger partial charge on any atom is 0.135 e.